The molecule has 1 aromatic heterocycles. The van der Waals surface area contributed by atoms with E-state index in [-0.39, 0.29) is 29.2 Å². The lowest BCUT2D eigenvalue weighted by molar-refractivity contribution is -0.0687. The first kappa shape index (κ1) is 24.6. The average Bonchev–Trinajstić information content (AvgIpc) is 3.40. The van der Waals surface area contributed by atoms with Crippen molar-refractivity contribution >= 4 is 16.9 Å². The van der Waals surface area contributed by atoms with Gasteiger partial charge in [0.15, 0.2) is 5.96 Å². The van der Waals surface area contributed by atoms with Gasteiger partial charge in [-0.1, -0.05) is 41.7 Å². The van der Waals surface area contributed by atoms with Crippen molar-refractivity contribution in [2.75, 3.05) is 7.05 Å². The molecule has 2 saturated carbocycles. The quantitative estimate of drug-likeness (QED) is 0.190. The topological polar surface area (TPSA) is 107 Å². The van der Waals surface area contributed by atoms with E-state index in [1.165, 1.54) is 16.7 Å². The molecule has 2 fully saturated rings. The third kappa shape index (κ3) is 4.17. The molecule has 0 radical (unpaired) electrons. The second-order valence-corrected chi connectivity index (χ2v) is 12.3. The van der Waals surface area contributed by atoms with Gasteiger partial charge >= 0.3 is 0 Å². The van der Waals surface area contributed by atoms with Crippen molar-refractivity contribution < 1.29 is 10.2 Å². The molecule has 2 bridgehead atoms. The Morgan fingerprint density at radius 1 is 1.14 bits per heavy atom. The number of nitrogens with two attached hydrogens (primary N) is 1. The monoisotopic (exact) mass is 500 g/mol. The molecule has 1 spiro atoms. The summed E-state index contributed by atoms with van der Waals surface area (Å²) in [5.74, 6) is 7.81. The number of nitrogens with one attached hydrogen (secondary N) is 2. The number of allylic oxidation sites excluding steroid dienone is 2. The normalized spacial score (nSPS) is 39.4. The summed E-state index contributed by atoms with van der Waals surface area (Å²) in [5.41, 5.74) is 8.00. The zero-order valence-electron chi connectivity index (χ0n) is 22.1. The first-order valence-corrected chi connectivity index (χ1v) is 13.9. The smallest absolute Gasteiger partial charge is 0.189 e. The van der Waals surface area contributed by atoms with Crippen LogP contribution in [0.25, 0.3) is 10.9 Å². The van der Waals surface area contributed by atoms with Gasteiger partial charge in [-0.15, -0.1) is 0 Å². The molecule has 6 rings (SSSR count). The van der Waals surface area contributed by atoms with E-state index in [4.69, 9.17) is 5.73 Å². The van der Waals surface area contributed by atoms with Gasteiger partial charge in [0.05, 0.1) is 17.2 Å². The largest absolute Gasteiger partial charge is 0.390 e. The molecule has 1 heterocycles. The van der Waals surface area contributed by atoms with Crippen LogP contribution < -0.4 is 11.1 Å². The summed E-state index contributed by atoms with van der Waals surface area (Å²) in [5, 5.41) is 28.4. The molecule has 37 heavy (non-hydrogen) atoms. The summed E-state index contributed by atoms with van der Waals surface area (Å²) in [6, 6.07) is 10.4. The average molecular weight is 501 g/mol. The lowest BCUT2D eigenvalue weighted by atomic mass is 9.58. The number of aliphatic imine (C=N–C) groups is 1. The van der Waals surface area contributed by atoms with E-state index in [9.17, 15) is 10.2 Å². The Balaban J connectivity index is 1.45. The van der Waals surface area contributed by atoms with Crippen molar-refractivity contribution in [1.29, 1.82) is 0 Å². The first-order chi connectivity index (χ1) is 17.7. The van der Waals surface area contributed by atoms with Crippen molar-refractivity contribution in [3.8, 4) is 11.8 Å². The van der Waals surface area contributed by atoms with Gasteiger partial charge in [0, 0.05) is 42.4 Å². The molecule has 4 aliphatic carbocycles. The van der Waals surface area contributed by atoms with Crippen molar-refractivity contribution in [1.82, 2.24) is 10.3 Å². The van der Waals surface area contributed by atoms with Crippen molar-refractivity contribution in [2.24, 2.45) is 33.9 Å². The SMILES string of the molecule is CN=C(N)N[C@H]1C#C[C@H]2CCC=C(Cc3cc4ccccc4[nH]3)[C@]23CC[C@@](C)(O)[C@H]2CC[C@@](O)(C1)[C@H]2C3. The minimum Gasteiger partial charge on any atom is -0.390 e. The fourth-order valence-electron chi connectivity index (χ4n) is 8.22. The van der Waals surface area contributed by atoms with Crippen LogP contribution in [-0.4, -0.2) is 45.4 Å². The van der Waals surface area contributed by atoms with Gasteiger partial charge < -0.3 is 26.2 Å². The summed E-state index contributed by atoms with van der Waals surface area (Å²) >= 11 is 0. The number of aromatic amines is 1. The van der Waals surface area contributed by atoms with Gasteiger partial charge in [0.25, 0.3) is 0 Å². The lowest BCUT2D eigenvalue weighted by Gasteiger charge is -2.46. The van der Waals surface area contributed by atoms with Crippen LogP contribution in [0.3, 0.4) is 0 Å². The Kier molecular flexibility index (Phi) is 5.93. The number of nitrogens with zero attached hydrogens (tertiary/aromatic N) is 1. The van der Waals surface area contributed by atoms with Crippen LogP contribution >= 0.6 is 0 Å². The number of guanidine groups is 1. The van der Waals surface area contributed by atoms with E-state index in [0.717, 1.165) is 50.5 Å². The molecular weight excluding hydrogens is 460 g/mol. The number of benzene rings is 1. The number of rotatable bonds is 3. The van der Waals surface area contributed by atoms with Gasteiger partial charge in [-0.05, 0) is 81.2 Å². The summed E-state index contributed by atoms with van der Waals surface area (Å²) < 4.78 is 0. The summed E-state index contributed by atoms with van der Waals surface area (Å²) in [7, 11) is 1.66. The zero-order chi connectivity index (χ0) is 25.8. The highest BCUT2D eigenvalue weighted by molar-refractivity contribution is 5.80. The summed E-state index contributed by atoms with van der Waals surface area (Å²) in [4.78, 5) is 7.73. The van der Waals surface area contributed by atoms with Gasteiger partial charge in [-0.3, -0.25) is 4.99 Å². The van der Waals surface area contributed by atoms with Crippen LogP contribution in [0.15, 0.2) is 47.0 Å². The molecule has 0 saturated heterocycles. The minimum absolute atomic E-state index is 0.00232. The van der Waals surface area contributed by atoms with Crippen molar-refractivity contribution in [2.45, 2.75) is 82.0 Å². The highest BCUT2D eigenvalue weighted by atomic mass is 16.3. The first-order valence-electron chi connectivity index (χ1n) is 13.9. The number of aromatic nitrogens is 1. The molecule has 1 aromatic carbocycles. The molecule has 196 valence electrons. The van der Waals surface area contributed by atoms with Gasteiger partial charge in [0.1, 0.15) is 0 Å². The van der Waals surface area contributed by atoms with E-state index >= 15 is 0 Å². The van der Waals surface area contributed by atoms with Crippen LogP contribution in [0, 0.1) is 35.0 Å². The number of hydrogen-bond acceptors (Lipinski definition) is 3. The zero-order valence-corrected chi connectivity index (χ0v) is 22.1. The predicted molar refractivity (Wildman–Crippen MR) is 148 cm³/mol. The maximum Gasteiger partial charge on any atom is 0.189 e. The fraction of sp³-hybridized carbons (Fsp3) is 0.581. The Morgan fingerprint density at radius 2 is 1.97 bits per heavy atom. The van der Waals surface area contributed by atoms with Crippen molar-refractivity contribution in [3.63, 3.8) is 0 Å². The molecule has 6 nitrogen and oxygen atoms in total. The molecule has 0 amide bonds. The summed E-state index contributed by atoms with van der Waals surface area (Å²) in [6.45, 7) is 2.00. The van der Waals surface area contributed by atoms with Crippen LogP contribution in [-0.2, 0) is 6.42 Å². The molecule has 0 aliphatic heterocycles. The number of fused-ring (bicyclic) bond motifs is 1. The number of aliphatic hydroxyl groups is 2. The summed E-state index contributed by atoms with van der Waals surface area (Å²) in [6.07, 6.45) is 9.83. The second-order valence-electron chi connectivity index (χ2n) is 12.3. The highest BCUT2D eigenvalue weighted by Crippen LogP contribution is 2.62. The molecular formula is C31H40N4O2. The van der Waals surface area contributed by atoms with Gasteiger partial charge in [-0.2, -0.15) is 0 Å². The molecule has 6 N–H and O–H groups in total. The number of para-hydroxylation sites is 1. The van der Waals surface area contributed by atoms with E-state index in [0.29, 0.717) is 18.8 Å². The van der Waals surface area contributed by atoms with Crippen LogP contribution in [0.4, 0.5) is 0 Å². The molecule has 7 atom stereocenters. The Labute approximate surface area is 219 Å². The Hall–Kier alpha value is -2.75. The van der Waals surface area contributed by atoms with Crippen LogP contribution in [0.1, 0.15) is 64.0 Å². The standard InChI is InChI=1S/C31H40N4O2/c1-29(36)14-15-30-19-26-25(29)12-13-31(26,37)18-23(35-28(32)33-2)11-10-21(30)7-5-8-22(30)17-24-16-20-6-3-4-9-27(20)34-24/h3-4,6,8-9,16,21,23,25-26,34,36-37H,5,7,12-15,17-19H2,1-2H3,(H3,32,33,35)/t21-,23+,25+,26+,29-,30+,31-/m1/s1. The lowest BCUT2D eigenvalue weighted by Crippen LogP contribution is -2.48. The minimum atomic E-state index is -0.898. The van der Waals surface area contributed by atoms with Crippen molar-refractivity contribution in [3.05, 3.63) is 47.7 Å². The molecule has 0 unspecified atom stereocenters. The van der Waals surface area contributed by atoms with E-state index in [2.05, 4.69) is 63.5 Å². The molecule has 6 heteroatoms. The number of H-pyrrole nitrogens is 1. The predicted octanol–water partition coefficient (Wildman–Crippen LogP) is 4.04. The second kappa shape index (κ2) is 8.92. The van der Waals surface area contributed by atoms with E-state index in [1.54, 1.807) is 7.05 Å². The number of hydrogen-bond donors (Lipinski definition) is 5. The van der Waals surface area contributed by atoms with Gasteiger partial charge in [0.2, 0.25) is 0 Å². The third-order valence-electron chi connectivity index (χ3n) is 10.2. The van der Waals surface area contributed by atoms with E-state index < -0.39 is 11.2 Å². The molecule has 2 aromatic rings. The molecule has 4 aliphatic rings. The highest BCUT2D eigenvalue weighted by Gasteiger charge is 2.60. The van der Waals surface area contributed by atoms with Gasteiger partial charge in [-0.25, -0.2) is 0 Å². The maximum absolute atomic E-state index is 12.2. The van der Waals surface area contributed by atoms with E-state index in [1.807, 2.05) is 6.92 Å². The van der Waals surface area contributed by atoms with Crippen LogP contribution in [0.2, 0.25) is 0 Å². The Bertz CT molecular complexity index is 1280. The van der Waals surface area contributed by atoms with Crippen LogP contribution in [0.5, 0.6) is 0 Å². The fourth-order valence-corrected chi connectivity index (χ4v) is 8.22. The maximum atomic E-state index is 12.2. The Morgan fingerprint density at radius 3 is 2.78 bits per heavy atom. The third-order valence-corrected chi connectivity index (χ3v) is 10.2.